The zero-order chi connectivity index (χ0) is 35.1. The van der Waals surface area contributed by atoms with Gasteiger partial charge in [0, 0.05) is 42.9 Å². The van der Waals surface area contributed by atoms with Crippen LogP contribution in [0.15, 0.2) is 0 Å². The van der Waals surface area contributed by atoms with Crippen LogP contribution in [0.25, 0.3) is 0 Å². The van der Waals surface area contributed by atoms with Crippen molar-refractivity contribution in [2.24, 2.45) is 47.3 Å². The summed E-state index contributed by atoms with van der Waals surface area (Å²) in [6, 6.07) is -0.243. The van der Waals surface area contributed by atoms with Gasteiger partial charge in [-0.25, -0.2) is 19.6 Å². The minimum absolute atomic E-state index is 0.0374. The van der Waals surface area contributed by atoms with Crippen molar-refractivity contribution >= 4 is 5.97 Å². The highest BCUT2D eigenvalue weighted by atomic mass is 17.3. The van der Waals surface area contributed by atoms with Gasteiger partial charge in [-0.15, -0.1) is 0 Å². The van der Waals surface area contributed by atoms with Crippen LogP contribution in [0.3, 0.4) is 0 Å². The molecule has 8 saturated heterocycles. The lowest BCUT2D eigenvalue weighted by atomic mass is 9.58. The lowest BCUT2D eigenvalue weighted by molar-refractivity contribution is -0.577. The highest BCUT2D eigenvalue weighted by Gasteiger charge is 2.71. The topological polar surface area (TPSA) is 142 Å². The van der Waals surface area contributed by atoms with Crippen molar-refractivity contribution < 1.29 is 57.9 Å². The maximum atomic E-state index is 11.3. The van der Waals surface area contributed by atoms with Crippen LogP contribution in [0.2, 0.25) is 0 Å². The van der Waals surface area contributed by atoms with Gasteiger partial charge in [0.1, 0.15) is 0 Å². The van der Waals surface area contributed by atoms with Crippen molar-refractivity contribution in [1.82, 2.24) is 5.32 Å². The lowest BCUT2D eigenvalue weighted by Crippen LogP contribution is -2.70. The molecule has 8 aliphatic heterocycles. The van der Waals surface area contributed by atoms with Crippen molar-refractivity contribution in [3.8, 4) is 0 Å². The number of fused-ring (bicyclic) bond motifs is 4. The number of aliphatic carboxylic acids is 1. The fourth-order valence-electron chi connectivity index (χ4n) is 11.3. The Morgan fingerprint density at radius 1 is 0.720 bits per heavy atom. The molecule has 13 nitrogen and oxygen atoms in total. The second kappa shape index (κ2) is 13.4. The van der Waals surface area contributed by atoms with Gasteiger partial charge in [0.25, 0.3) is 0 Å². The number of carboxylic acid groups (broad SMARTS) is 1. The van der Waals surface area contributed by atoms with Crippen molar-refractivity contribution in [1.29, 1.82) is 0 Å². The largest absolute Gasteiger partial charge is 0.481 e. The highest BCUT2D eigenvalue weighted by Crippen LogP contribution is 2.62. The van der Waals surface area contributed by atoms with Gasteiger partial charge in [-0.3, -0.25) is 4.79 Å². The Morgan fingerprint density at radius 2 is 1.20 bits per heavy atom. The first-order chi connectivity index (χ1) is 23.9. The van der Waals surface area contributed by atoms with E-state index in [1.165, 1.54) is 0 Å². The standard InChI is InChI=1S/C37H59NO12/c1-20-9-11-27-22(3)30(43-32-36(27)25(20)13-15-34(5,45-32)47-49-36)41-18-24(38-17-7-8-29(39)40)19-42-31-23(4)28-12-10-21(2)26-14-16-35(6)46-33(44-31)37(26,28)50-48-35/h20-28,30-33,38H,7-19H2,1-6H3,(H,39,40)/t20-,21-,22-,23-,24?,25+,26+,27+,28+,30+,31+,32-,33?,34-,35-,36-,37-/m1/s1. The zero-order valence-electron chi connectivity index (χ0n) is 30.6. The molecule has 0 aromatic carbocycles. The minimum Gasteiger partial charge on any atom is -0.481 e. The molecule has 0 aromatic rings. The molecule has 0 radical (unpaired) electrons. The second-order valence-electron chi connectivity index (χ2n) is 17.4. The molecule has 0 amide bonds. The minimum atomic E-state index is -0.856. The third-order valence-electron chi connectivity index (χ3n) is 14.1. The Bertz CT molecular complexity index is 1180. The molecule has 2 spiro atoms. The highest BCUT2D eigenvalue weighted by molar-refractivity contribution is 5.66. The Labute approximate surface area is 295 Å². The van der Waals surface area contributed by atoms with E-state index < -0.39 is 53.9 Å². The SMILES string of the molecule is C[C@H]1[C@@H](OCC(CO[C@H]2O[C@@H]3O[C@@]4(C)CC[C@H]5[C@H](C)CC[C@@H]([C@H]2C)[C@@]35OO4)NCCCC(=O)O)OC2O[C@@]3(C)CC[C@H]4[C@H](C)CC[C@@H]1[C@@]24OO3. The molecule has 0 aromatic heterocycles. The van der Waals surface area contributed by atoms with E-state index in [0.29, 0.717) is 38.0 Å². The molecular weight excluding hydrogens is 650 g/mol. The molecule has 10 fully saturated rings. The molecule has 17 atom stereocenters. The summed E-state index contributed by atoms with van der Waals surface area (Å²) in [5.74, 6) is -0.623. The molecule has 50 heavy (non-hydrogen) atoms. The van der Waals surface area contributed by atoms with Gasteiger partial charge in [0.2, 0.25) is 11.6 Å². The zero-order valence-corrected chi connectivity index (χ0v) is 30.6. The smallest absolute Gasteiger partial charge is 0.303 e. The summed E-state index contributed by atoms with van der Waals surface area (Å²) in [7, 11) is 0. The number of carboxylic acids is 1. The maximum absolute atomic E-state index is 11.3. The van der Waals surface area contributed by atoms with Crippen LogP contribution in [0.1, 0.15) is 106 Å². The normalized spacial score (nSPS) is 52.8. The number of nitrogens with one attached hydrogen (secondary N) is 1. The van der Waals surface area contributed by atoms with Gasteiger partial charge in [-0.1, -0.05) is 27.7 Å². The second-order valence-corrected chi connectivity index (χ2v) is 17.4. The third-order valence-corrected chi connectivity index (χ3v) is 14.1. The van der Waals surface area contributed by atoms with E-state index in [4.69, 9.17) is 48.0 Å². The number of carbonyl (C=O) groups is 1. The van der Waals surface area contributed by atoms with E-state index in [0.717, 1.165) is 51.4 Å². The summed E-state index contributed by atoms with van der Waals surface area (Å²) in [5, 5.41) is 12.7. The molecule has 13 heteroatoms. The monoisotopic (exact) mass is 709 g/mol. The van der Waals surface area contributed by atoms with Gasteiger partial charge in [-0.2, -0.15) is 0 Å². The summed E-state index contributed by atoms with van der Waals surface area (Å²) in [5.41, 5.74) is -1.31. The number of hydrogen-bond acceptors (Lipinski definition) is 12. The Balaban J connectivity index is 0.960. The fraction of sp³-hybridized carbons (Fsp3) is 0.973. The van der Waals surface area contributed by atoms with Gasteiger partial charge >= 0.3 is 5.97 Å². The van der Waals surface area contributed by atoms with Crippen LogP contribution in [0, 0.1) is 47.3 Å². The summed E-state index contributed by atoms with van der Waals surface area (Å²) < 4.78 is 39.7. The quantitative estimate of drug-likeness (QED) is 0.213. The van der Waals surface area contributed by atoms with Crippen LogP contribution in [0.4, 0.5) is 0 Å². The number of ether oxygens (including phenoxy) is 6. The predicted molar refractivity (Wildman–Crippen MR) is 174 cm³/mol. The molecule has 284 valence electrons. The van der Waals surface area contributed by atoms with Crippen LogP contribution in [0.5, 0.6) is 0 Å². The summed E-state index contributed by atoms with van der Waals surface area (Å²) in [6.45, 7) is 13.9. The van der Waals surface area contributed by atoms with Gasteiger partial charge in [-0.05, 0) is 89.0 Å². The van der Waals surface area contributed by atoms with Crippen LogP contribution >= 0.6 is 0 Å². The van der Waals surface area contributed by atoms with Crippen LogP contribution in [-0.4, -0.2) is 84.8 Å². The first-order valence-corrected chi connectivity index (χ1v) is 19.5. The van der Waals surface area contributed by atoms with E-state index >= 15 is 0 Å². The summed E-state index contributed by atoms with van der Waals surface area (Å²) in [4.78, 5) is 35.8. The lowest BCUT2D eigenvalue weighted by Gasteiger charge is -2.60. The molecule has 2 aliphatic carbocycles. The molecule has 10 rings (SSSR count). The molecular formula is C37H59NO12. The molecule has 2 N–H and O–H groups in total. The van der Waals surface area contributed by atoms with E-state index in [1.807, 2.05) is 13.8 Å². The van der Waals surface area contributed by atoms with Crippen molar-refractivity contribution in [2.75, 3.05) is 19.8 Å². The number of rotatable bonds is 11. The summed E-state index contributed by atoms with van der Waals surface area (Å²) in [6.07, 6.45) is 6.02. The maximum Gasteiger partial charge on any atom is 0.303 e. The van der Waals surface area contributed by atoms with Gasteiger partial charge in [0.05, 0.1) is 19.3 Å². The van der Waals surface area contributed by atoms with Gasteiger partial charge < -0.3 is 38.8 Å². The van der Waals surface area contributed by atoms with Crippen molar-refractivity contribution in [3.05, 3.63) is 0 Å². The van der Waals surface area contributed by atoms with Gasteiger partial charge in [0.15, 0.2) is 36.4 Å². The van der Waals surface area contributed by atoms with Crippen molar-refractivity contribution in [3.63, 3.8) is 0 Å². The molecule has 10 aliphatic rings. The van der Waals surface area contributed by atoms with E-state index in [1.54, 1.807) is 0 Å². The Morgan fingerprint density at radius 3 is 1.66 bits per heavy atom. The molecule has 2 saturated carbocycles. The number of hydrogen-bond donors (Lipinski definition) is 2. The molecule has 4 bridgehead atoms. The Kier molecular flexibility index (Phi) is 9.66. The first-order valence-electron chi connectivity index (χ1n) is 19.5. The predicted octanol–water partition coefficient (Wildman–Crippen LogP) is 5.26. The Hall–Kier alpha value is -0.970. The van der Waals surface area contributed by atoms with Crippen molar-refractivity contribution in [2.45, 2.75) is 160 Å². The average Bonchev–Trinajstić information content (AvgIpc) is 3.45. The molecule has 8 heterocycles. The van der Waals surface area contributed by atoms with E-state index in [2.05, 4.69) is 33.0 Å². The fourth-order valence-corrected chi connectivity index (χ4v) is 11.3. The molecule has 2 unspecified atom stereocenters. The average molecular weight is 710 g/mol. The van der Waals surface area contributed by atoms with E-state index in [-0.39, 0.29) is 48.0 Å². The van der Waals surface area contributed by atoms with E-state index in [9.17, 15) is 9.90 Å². The first kappa shape index (κ1) is 36.0. The van der Waals surface area contributed by atoms with Crippen LogP contribution < -0.4 is 5.32 Å². The van der Waals surface area contributed by atoms with Crippen LogP contribution in [-0.2, 0) is 52.8 Å². The summed E-state index contributed by atoms with van der Waals surface area (Å²) >= 11 is 0. The third kappa shape index (κ3) is 5.89.